The van der Waals surface area contributed by atoms with Crippen LogP contribution in [0.25, 0.3) is 10.9 Å². The normalized spacial score (nSPS) is 17.1. The van der Waals surface area contributed by atoms with Crippen LogP contribution in [0.1, 0.15) is 33.9 Å². The summed E-state index contributed by atoms with van der Waals surface area (Å²) in [5.74, 6) is -0.0506. The molecule has 2 aromatic heterocycles. The van der Waals surface area contributed by atoms with Crippen molar-refractivity contribution >= 4 is 43.3 Å². The third-order valence-electron chi connectivity index (χ3n) is 4.97. The molecule has 9 heteroatoms. The van der Waals surface area contributed by atoms with Crippen molar-refractivity contribution in [3.05, 3.63) is 46.6 Å². The SMILES string of the molecule is O=C(c1cc2ccccc2[nH]1)N1CCc2nc(NS(=O)(=O)C3CC3)sc2C1. The molecule has 1 fully saturated rings. The van der Waals surface area contributed by atoms with E-state index >= 15 is 0 Å². The molecule has 0 saturated heterocycles. The molecule has 1 saturated carbocycles. The Bertz CT molecular complexity index is 1110. The number of benzene rings is 1. The first-order chi connectivity index (χ1) is 13.0. The molecule has 1 aliphatic heterocycles. The summed E-state index contributed by atoms with van der Waals surface area (Å²) in [6.07, 6.45) is 2.06. The van der Waals surface area contributed by atoms with Gasteiger partial charge in [-0.1, -0.05) is 29.5 Å². The van der Waals surface area contributed by atoms with Crippen molar-refractivity contribution in [2.75, 3.05) is 11.3 Å². The van der Waals surface area contributed by atoms with Crippen LogP contribution < -0.4 is 4.72 Å². The molecule has 0 atom stereocenters. The van der Waals surface area contributed by atoms with Gasteiger partial charge in [-0.05, 0) is 25.0 Å². The lowest BCUT2D eigenvalue weighted by Crippen LogP contribution is -2.35. The quantitative estimate of drug-likeness (QED) is 0.701. The highest BCUT2D eigenvalue weighted by molar-refractivity contribution is 7.93. The molecule has 2 aliphatic rings. The summed E-state index contributed by atoms with van der Waals surface area (Å²) in [6, 6.07) is 9.66. The van der Waals surface area contributed by atoms with Crippen LogP contribution in [0.5, 0.6) is 0 Å². The molecular formula is C18H18N4O3S2. The number of aromatic nitrogens is 2. The molecular weight excluding hydrogens is 384 g/mol. The number of rotatable bonds is 4. The summed E-state index contributed by atoms with van der Waals surface area (Å²) in [6.45, 7) is 1.02. The van der Waals surface area contributed by atoms with Gasteiger partial charge in [-0.15, -0.1) is 0 Å². The summed E-state index contributed by atoms with van der Waals surface area (Å²) in [5, 5.41) is 1.14. The van der Waals surface area contributed by atoms with Gasteiger partial charge < -0.3 is 9.88 Å². The standard InChI is InChI=1S/C18H18N4O3S2/c23-17(15-9-11-3-1-2-4-13(11)19-15)22-8-7-14-16(10-22)26-18(20-14)21-27(24,25)12-5-6-12/h1-4,9,12,19H,5-8,10H2,(H,20,21). The molecule has 1 aromatic carbocycles. The average molecular weight is 403 g/mol. The van der Waals surface area contributed by atoms with Crippen LogP contribution in [0.15, 0.2) is 30.3 Å². The summed E-state index contributed by atoms with van der Waals surface area (Å²) < 4.78 is 26.8. The van der Waals surface area contributed by atoms with E-state index in [2.05, 4.69) is 14.7 Å². The molecule has 140 valence electrons. The molecule has 5 rings (SSSR count). The zero-order valence-corrected chi connectivity index (χ0v) is 16.1. The number of carbonyl (C=O) groups excluding carboxylic acids is 1. The zero-order chi connectivity index (χ0) is 18.6. The molecule has 3 aromatic rings. The number of aromatic amines is 1. The number of carbonyl (C=O) groups is 1. The van der Waals surface area contributed by atoms with Crippen molar-refractivity contribution < 1.29 is 13.2 Å². The molecule has 0 radical (unpaired) electrons. The largest absolute Gasteiger partial charge is 0.351 e. The molecule has 1 aliphatic carbocycles. The average Bonchev–Trinajstić information content (AvgIpc) is 3.31. The zero-order valence-electron chi connectivity index (χ0n) is 14.4. The van der Waals surface area contributed by atoms with Crippen molar-refractivity contribution in [2.45, 2.75) is 31.1 Å². The van der Waals surface area contributed by atoms with E-state index < -0.39 is 10.0 Å². The Morgan fingerprint density at radius 3 is 2.89 bits per heavy atom. The number of anilines is 1. The van der Waals surface area contributed by atoms with Crippen LogP contribution in [-0.4, -0.2) is 41.0 Å². The molecule has 0 bridgehead atoms. The molecule has 3 heterocycles. The van der Waals surface area contributed by atoms with Gasteiger partial charge in [-0.3, -0.25) is 9.52 Å². The minimum Gasteiger partial charge on any atom is -0.351 e. The van der Waals surface area contributed by atoms with Gasteiger partial charge in [0.25, 0.3) is 5.91 Å². The predicted molar refractivity (Wildman–Crippen MR) is 104 cm³/mol. The summed E-state index contributed by atoms with van der Waals surface area (Å²) in [4.78, 5) is 23.2. The maximum absolute atomic E-state index is 12.9. The lowest BCUT2D eigenvalue weighted by atomic mass is 10.1. The Labute approximate surface area is 160 Å². The number of sulfonamides is 1. The van der Waals surface area contributed by atoms with Gasteiger partial charge in [0.2, 0.25) is 10.0 Å². The Hall–Kier alpha value is -2.39. The smallest absolute Gasteiger partial charge is 0.270 e. The Morgan fingerprint density at radius 2 is 2.11 bits per heavy atom. The number of hydrogen-bond acceptors (Lipinski definition) is 5. The number of para-hydroxylation sites is 1. The van der Waals surface area contributed by atoms with E-state index in [4.69, 9.17) is 0 Å². The van der Waals surface area contributed by atoms with Crippen LogP contribution in [-0.2, 0) is 23.0 Å². The second-order valence-electron chi connectivity index (χ2n) is 6.98. The maximum Gasteiger partial charge on any atom is 0.270 e. The number of fused-ring (bicyclic) bond motifs is 2. The van der Waals surface area contributed by atoms with Crippen molar-refractivity contribution in [1.29, 1.82) is 0 Å². The fourth-order valence-corrected chi connectivity index (χ4v) is 5.96. The van der Waals surface area contributed by atoms with E-state index in [0.29, 0.717) is 43.2 Å². The topological polar surface area (TPSA) is 95.2 Å². The minimum atomic E-state index is -3.31. The Balaban J connectivity index is 1.35. The lowest BCUT2D eigenvalue weighted by Gasteiger charge is -2.25. The number of nitrogens with zero attached hydrogens (tertiary/aromatic N) is 2. The van der Waals surface area contributed by atoms with Gasteiger partial charge in [0, 0.05) is 28.7 Å². The minimum absolute atomic E-state index is 0.0506. The van der Waals surface area contributed by atoms with Gasteiger partial charge in [-0.2, -0.15) is 0 Å². The summed E-state index contributed by atoms with van der Waals surface area (Å²) >= 11 is 1.32. The summed E-state index contributed by atoms with van der Waals surface area (Å²) in [5.41, 5.74) is 2.39. The predicted octanol–water partition coefficient (Wildman–Crippen LogP) is 2.73. The Morgan fingerprint density at radius 1 is 1.30 bits per heavy atom. The maximum atomic E-state index is 12.9. The summed E-state index contributed by atoms with van der Waals surface area (Å²) in [7, 11) is -3.31. The highest BCUT2D eigenvalue weighted by Crippen LogP contribution is 2.33. The number of nitrogens with one attached hydrogen (secondary N) is 2. The third kappa shape index (κ3) is 3.10. The second kappa shape index (κ2) is 6.07. The van der Waals surface area contributed by atoms with Crippen molar-refractivity contribution in [3.63, 3.8) is 0 Å². The second-order valence-corrected chi connectivity index (χ2v) is 10.0. The first-order valence-corrected chi connectivity index (χ1v) is 11.2. The van der Waals surface area contributed by atoms with Crippen molar-refractivity contribution in [2.24, 2.45) is 0 Å². The number of amides is 1. The molecule has 27 heavy (non-hydrogen) atoms. The highest BCUT2D eigenvalue weighted by Gasteiger charge is 2.36. The number of thiazole rings is 1. The molecule has 0 unspecified atom stereocenters. The Kier molecular flexibility index (Phi) is 3.76. The molecule has 7 nitrogen and oxygen atoms in total. The van der Waals surface area contributed by atoms with Gasteiger partial charge in [0.1, 0.15) is 5.69 Å². The van der Waals surface area contributed by atoms with E-state index in [0.717, 1.165) is 21.5 Å². The number of H-pyrrole nitrogens is 1. The van der Waals surface area contributed by atoms with Crippen molar-refractivity contribution in [3.8, 4) is 0 Å². The third-order valence-corrected chi connectivity index (χ3v) is 7.93. The lowest BCUT2D eigenvalue weighted by molar-refractivity contribution is 0.0731. The van der Waals surface area contributed by atoms with E-state index in [1.165, 1.54) is 11.3 Å². The van der Waals surface area contributed by atoms with Crippen LogP contribution in [0.3, 0.4) is 0 Å². The van der Waals surface area contributed by atoms with E-state index in [-0.39, 0.29) is 11.2 Å². The van der Waals surface area contributed by atoms with Gasteiger partial charge in [-0.25, -0.2) is 13.4 Å². The van der Waals surface area contributed by atoms with Crippen LogP contribution in [0.2, 0.25) is 0 Å². The molecule has 1 amide bonds. The molecule has 2 N–H and O–H groups in total. The highest BCUT2D eigenvalue weighted by atomic mass is 32.2. The fraction of sp³-hybridized carbons (Fsp3) is 0.333. The fourth-order valence-electron chi connectivity index (χ4n) is 3.35. The first-order valence-electron chi connectivity index (χ1n) is 8.87. The monoisotopic (exact) mass is 402 g/mol. The van der Waals surface area contributed by atoms with Crippen LogP contribution in [0, 0.1) is 0 Å². The molecule has 0 spiro atoms. The van der Waals surface area contributed by atoms with Crippen LogP contribution in [0.4, 0.5) is 5.13 Å². The van der Waals surface area contributed by atoms with E-state index in [1.54, 1.807) is 4.90 Å². The van der Waals surface area contributed by atoms with Gasteiger partial charge in [0.15, 0.2) is 5.13 Å². The van der Waals surface area contributed by atoms with Crippen molar-refractivity contribution in [1.82, 2.24) is 14.9 Å². The van der Waals surface area contributed by atoms with E-state index in [9.17, 15) is 13.2 Å². The van der Waals surface area contributed by atoms with Gasteiger partial charge >= 0.3 is 0 Å². The first kappa shape index (κ1) is 16.8. The number of hydrogen-bond donors (Lipinski definition) is 2. The van der Waals surface area contributed by atoms with Gasteiger partial charge in [0.05, 0.1) is 17.5 Å². The van der Waals surface area contributed by atoms with E-state index in [1.807, 2.05) is 30.3 Å². The van der Waals surface area contributed by atoms with Crippen LogP contribution >= 0.6 is 11.3 Å².